The van der Waals surface area contributed by atoms with Gasteiger partial charge in [-0.1, -0.05) is 54.6 Å². The van der Waals surface area contributed by atoms with Gasteiger partial charge in [0.2, 0.25) is 5.91 Å². The van der Waals surface area contributed by atoms with Gasteiger partial charge in [0.15, 0.2) is 0 Å². The molecule has 0 radical (unpaired) electrons. The molecule has 0 bridgehead atoms. The van der Waals surface area contributed by atoms with Gasteiger partial charge in [-0.3, -0.25) is 15.0 Å². The van der Waals surface area contributed by atoms with Gasteiger partial charge in [-0.15, -0.1) is 11.8 Å². The van der Waals surface area contributed by atoms with Gasteiger partial charge >= 0.3 is 5.97 Å². The minimum atomic E-state index is -0.386. The second-order valence-electron chi connectivity index (χ2n) is 8.89. The van der Waals surface area contributed by atoms with Gasteiger partial charge in [0.1, 0.15) is 18.2 Å². The van der Waals surface area contributed by atoms with Crippen molar-refractivity contribution in [3.8, 4) is 16.9 Å². The first-order valence-electron chi connectivity index (χ1n) is 12.2. The highest BCUT2D eigenvalue weighted by Crippen LogP contribution is 2.30. The van der Waals surface area contributed by atoms with Gasteiger partial charge in [0.05, 0.1) is 25.5 Å². The number of hydrogen-bond acceptors (Lipinski definition) is 6. The highest BCUT2D eigenvalue weighted by Gasteiger charge is 2.40. The molecule has 3 aromatic rings. The minimum Gasteiger partial charge on any atom is -0.491 e. The summed E-state index contributed by atoms with van der Waals surface area (Å²) < 4.78 is 10.9. The summed E-state index contributed by atoms with van der Waals surface area (Å²) in [6, 6.07) is 25.3. The van der Waals surface area contributed by atoms with Gasteiger partial charge < -0.3 is 20.1 Å². The van der Waals surface area contributed by atoms with Gasteiger partial charge in [0.25, 0.3) is 0 Å². The molecule has 37 heavy (non-hydrogen) atoms. The number of amides is 1. The van der Waals surface area contributed by atoms with Crippen LogP contribution in [0.25, 0.3) is 11.1 Å². The number of likely N-dealkylation sites (tertiary alicyclic amines) is 1. The van der Waals surface area contributed by atoms with Crippen molar-refractivity contribution in [1.29, 1.82) is 5.41 Å². The number of nitrogens with one attached hydrogen (secondary N) is 1. The molecule has 4 rings (SSSR count). The van der Waals surface area contributed by atoms with Gasteiger partial charge in [-0.2, -0.15) is 0 Å². The summed E-state index contributed by atoms with van der Waals surface area (Å²) >= 11 is 1.70. The topological polar surface area (TPSA) is 106 Å². The number of nitrogens with zero attached hydrogens (tertiary/aromatic N) is 1. The maximum absolute atomic E-state index is 13.1. The van der Waals surface area contributed by atoms with E-state index in [1.165, 1.54) is 7.11 Å². The van der Waals surface area contributed by atoms with E-state index in [4.69, 9.17) is 20.6 Å². The number of nitrogens with two attached hydrogens (primary N) is 1. The largest absolute Gasteiger partial charge is 0.491 e. The molecule has 2 atom stereocenters. The Morgan fingerprint density at radius 3 is 2.30 bits per heavy atom. The molecular weight excluding hydrogens is 486 g/mol. The van der Waals surface area contributed by atoms with Crippen molar-refractivity contribution < 1.29 is 19.1 Å². The predicted molar refractivity (Wildman–Crippen MR) is 146 cm³/mol. The van der Waals surface area contributed by atoms with Crippen LogP contribution in [0.3, 0.4) is 0 Å². The number of methoxy groups -OCH3 is 1. The van der Waals surface area contributed by atoms with E-state index in [9.17, 15) is 9.59 Å². The fraction of sp³-hybridized carbons (Fsp3) is 0.276. The first kappa shape index (κ1) is 26.3. The molecule has 1 aliphatic heterocycles. The normalized spacial score (nSPS) is 17.0. The number of amidine groups is 1. The molecule has 1 fully saturated rings. The number of benzene rings is 3. The lowest BCUT2D eigenvalue weighted by Gasteiger charge is -2.25. The van der Waals surface area contributed by atoms with Gasteiger partial charge in [-0.05, 0) is 41.8 Å². The van der Waals surface area contributed by atoms with E-state index >= 15 is 0 Å². The summed E-state index contributed by atoms with van der Waals surface area (Å²) in [5.41, 5.74) is 8.27. The smallest absolute Gasteiger partial charge is 0.306 e. The van der Waals surface area contributed by atoms with Crippen LogP contribution >= 0.6 is 11.8 Å². The first-order chi connectivity index (χ1) is 17.9. The summed E-state index contributed by atoms with van der Waals surface area (Å²) in [6.45, 7) is 0.936. The standard InChI is InChI=1S/C29H31N3O4S/c1-35-27(33)18-23-17-24(32(29(23)34)15-16-37-26-5-3-2-4-6-26)19-36-25-13-11-21(12-14-25)20-7-9-22(10-8-20)28(30)31/h2-14,23-24H,15-19H2,1H3,(H3,30,31)/t23-,24-/m0/s1. The molecule has 3 N–H and O–H groups in total. The lowest BCUT2D eigenvalue weighted by Crippen LogP contribution is -2.39. The van der Waals surface area contributed by atoms with Crippen LogP contribution in [0.1, 0.15) is 18.4 Å². The number of esters is 1. The number of nitrogen functional groups attached to an aromatic ring is 1. The Bertz CT molecular complexity index is 1220. The second-order valence-corrected chi connectivity index (χ2v) is 10.1. The summed E-state index contributed by atoms with van der Waals surface area (Å²) in [5, 5.41) is 7.53. The van der Waals surface area contributed by atoms with Crippen molar-refractivity contribution in [3.05, 3.63) is 84.4 Å². The Kier molecular flexibility index (Phi) is 8.85. The van der Waals surface area contributed by atoms with Crippen molar-refractivity contribution in [1.82, 2.24) is 4.90 Å². The third-order valence-electron chi connectivity index (χ3n) is 6.44. The zero-order valence-corrected chi connectivity index (χ0v) is 21.6. The summed E-state index contributed by atoms with van der Waals surface area (Å²) in [4.78, 5) is 28.0. The number of carbonyl (C=O) groups is 2. The number of rotatable bonds is 11. The number of hydrogen-bond donors (Lipinski definition) is 2. The van der Waals surface area contributed by atoms with E-state index in [0.29, 0.717) is 30.9 Å². The van der Waals surface area contributed by atoms with Gasteiger partial charge in [-0.25, -0.2) is 0 Å². The maximum Gasteiger partial charge on any atom is 0.306 e. The first-order valence-corrected chi connectivity index (χ1v) is 13.2. The molecule has 0 unspecified atom stereocenters. The average Bonchev–Trinajstić information content (AvgIpc) is 3.22. The molecule has 1 aliphatic rings. The van der Waals surface area contributed by atoms with Crippen LogP contribution in [-0.2, 0) is 14.3 Å². The van der Waals surface area contributed by atoms with Crippen LogP contribution in [0.2, 0.25) is 0 Å². The molecular formula is C29H31N3O4S. The Labute approximate surface area is 221 Å². The zero-order valence-electron chi connectivity index (χ0n) is 20.8. The molecule has 1 saturated heterocycles. The molecule has 1 heterocycles. The molecule has 0 saturated carbocycles. The van der Waals surface area contributed by atoms with E-state index < -0.39 is 0 Å². The van der Waals surface area contributed by atoms with E-state index in [-0.39, 0.29) is 36.1 Å². The van der Waals surface area contributed by atoms with Crippen molar-refractivity contribution in [2.75, 3.05) is 26.0 Å². The van der Waals surface area contributed by atoms with Crippen molar-refractivity contribution in [2.45, 2.75) is 23.8 Å². The third-order valence-corrected chi connectivity index (χ3v) is 7.43. The van der Waals surface area contributed by atoms with Crippen LogP contribution in [0.15, 0.2) is 83.8 Å². The van der Waals surface area contributed by atoms with Crippen LogP contribution < -0.4 is 10.5 Å². The van der Waals surface area contributed by atoms with Crippen molar-refractivity contribution >= 4 is 29.5 Å². The Balaban J connectivity index is 1.38. The van der Waals surface area contributed by atoms with Crippen LogP contribution in [0, 0.1) is 11.3 Å². The van der Waals surface area contributed by atoms with Crippen LogP contribution in [0.4, 0.5) is 0 Å². The predicted octanol–water partition coefficient (Wildman–Crippen LogP) is 4.59. The van der Waals surface area contributed by atoms with Crippen LogP contribution in [0.5, 0.6) is 5.75 Å². The fourth-order valence-electron chi connectivity index (χ4n) is 4.43. The summed E-state index contributed by atoms with van der Waals surface area (Å²) in [5.74, 6) is 0.744. The summed E-state index contributed by atoms with van der Waals surface area (Å²) in [6.07, 6.45) is 0.649. The Hall–Kier alpha value is -3.78. The van der Waals surface area contributed by atoms with E-state index in [0.717, 1.165) is 21.8 Å². The zero-order chi connectivity index (χ0) is 26.2. The third kappa shape index (κ3) is 6.92. The molecule has 1 amide bonds. The Morgan fingerprint density at radius 2 is 1.68 bits per heavy atom. The second kappa shape index (κ2) is 12.5. The average molecular weight is 518 g/mol. The van der Waals surface area contributed by atoms with E-state index in [2.05, 4.69) is 12.1 Å². The monoisotopic (exact) mass is 517 g/mol. The van der Waals surface area contributed by atoms with Crippen molar-refractivity contribution in [3.63, 3.8) is 0 Å². The van der Waals surface area contributed by atoms with Crippen LogP contribution in [-0.4, -0.2) is 54.7 Å². The maximum atomic E-state index is 13.1. The fourth-order valence-corrected chi connectivity index (χ4v) is 5.31. The number of thioether (sulfide) groups is 1. The molecule has 0 aromatic heterocycles. The Morgan fingerprint density at radius 1 is 1.03 bits per heavy atom. The molecule has 8 heteroatoms. The molecule has 3 aromatic carbocycles. The molecule has 7 nitrogen and oxygen atoms in total. The highest BCUT2D eigenvalue weighted by molar-refractivity contribution is 7.99. The summed E-state index contributed by atoms with van der Waals surface area (Å²) in [7, 11) is 1.35. The quantitative estimate of drug-likeness (QED) is 0.167. The lowest BCUT2D eigenvalue weighted by molar-refractivity contribution is -0.144. The van der Waals surface area contributed by atoms with E-state index in [1.54, 1.807) is 11.8 Å². The van der Waals surface area contributed by atoms with Crippen molar-refractivity contribution in [2.24, 2.45) is 11.7 Å². The van der Waals surface area contributed by atoms with Gasteiger partial charge in [0, 0.05) is 22.8 Å². The SMILES string of the molecule is COC(=O)C[C@@H]1C[C@@H](COc2ccc(-c3ccc(C(=N)N)cc3)cc2)N(CCSc2ccccc2)C1=O. The minimum absolute atomic E-state index is 0.0167. The number of carbonyl (C=O) groups excluding carboxylic acids is 2. The molecule has 0 spiro atoms. The van der Waals surface area contributed by atoms with E-state index in [1.807, 2.05) is 71.6 Å². The molecule has 0 aliphatic carbocycles. The number of ether oxygens (including phenoxy) is 2. The molecule has 192 valence electrons. The lowest BCUT2D eigenvalue weighted by atomic mass is 10.0. The highest BCUT2D eigenvalue weighted by atomic mass is 32.2.